The van der Waals surface area contributed by atoms with Gasteiger partial charge in [0, 0.05) is 44.0 Å². The molecule has 2 aromatic carbocycles. The van der Waals surface area contributed by atoms with E-state index in [1.54, 1.807) is 12.1 Å². The molecule has 2 amide bonds. The Labute approximate surface area is 171 Å². The first-order chi connectivity index (χ1) is 13.7. The maximum atomic E-state index is 13.7. The minimum atomic E-state index is -0.541. The predicted octanol–water partition coefficient (Wildman–Crippen LogP) is 4.16. The summed E-state index contributed by atoms with van der Waals surface area (Å²) in [4.78, 5) is 28.8. The van der Waals surface area contributed by atoms with Crippen molar-refractivity contribution in [3.05, 3.63) is 59.9 Å². The maximum Gasteiger partial charge on any atom is 0.258 e. The van der Waals surface area contributed by atoms with Crippen molar-refractivity contribution in [2.24, 2.45) is 5.41 Å². The zero-order chi connectivity index (χ0) is 21.0. The molecule has 0 radical (unpaired) electrons. The molecule has 0 spiro atoms. The lowest BCUT2D eigenvalue weighted by molar-refractivity contribution is -0.133. The summed E-state index contributed by atoms with van der Waals surface area (Å²) in [5.74, 6) is -0.800. The quantitative estimate of drug-likeness (QED) is 0.843. The van der Waals surface area contributed by atoms with Crippen LogP contribution in [0.5, 0.6) is 0 Å². The lowest BCUT2D eigenvalue weighted by atomic mass is 9.91. The van der Waals surface area contributed by atoms with Crippen molar-refractivity contribution in [1.29, 1.82) is 0 Å². The van der Waals surface area contributed by atoms with Crippen LogP contribution in [0.1, 0.15) is 37.6 Å². The van der Waals surface area contributed by atoms with Gasteiger partial charge in [-0.25, -0.2) is 4.39 Å². The first kappa shape index (κ1) is 20.8. The van der Waals surface area contributed by atoms with Crippen LogP contribution in [0.3, 0.4) is 0 Å². The van der Waals surface area contributed by atoms with Crippen molar-refractivity contribution >= 4 is 23.2 Å². The Morgan fingerprint density at radius 2 is 1.59 bits per heavy atom. The fourth-order valence-corrected chi connectivity index (χ4v) is 3.38. The van der Waals surface area contributed by atoms with Gasteiger partial charge in [-0.15, -0.1) is 0 Å². The average Bonchev–Trinajstić information content (AvgIpc) is 2.68. The average molecular weight is 397 g/mol. The van der Waals surface area contributed by atoms with Crippen LogP contribution in [0.25, 0.3) is 0 Å². The van der Waals surface area contributed by atoms with Crippen molar-refractivity contribution in [3.8, 4) is 0 Å². The Hall–Kier alpha value is -2.89. The van der Waals surface area contributed by atoms with Gasteiger partial charge in [0.2, 0.25) is 5.91 Å². The number of carbonyl (C=O) groups excluding carboxylic acids is 2. The second kappa shape index (κ2) is 8.64. The molecule has 0 bridgehead atoms. The first-order valence-electron chi connectivity index (χ1n) is 9.92. The molecule has 0 atom stereocenters. The van der Waals surface area contributed by atoms with Crippen LogP contribution in [0.15, 0.2) is 48.5 Å². The van der Waals surface area contributed by atoms with E-state index in [2.05, 4.69) is 31.0 Å². The van der Waals surface area contributed by atoms with Gasteiger partial charge in [-0.1, -0.05) is 32.9 Å². The fraction of sp³-hybridized carbons (Fsp3) is 0.391. The van der Waals surface area contributed by atoms with Gasteiger partial charge in [0.1, 0.15) is 5.82 Å². The van der Waals surface area contributed by atoms with Gasteiger partial charge in [0.15, 0.2) is 0 Å². The van der Waals surface area contributed by atoms with Gasteiger partial charge in [-0.2, -0.15) is 0 Å². The van der Waals surface area contributed by atoms with E-state index in [0.29, 0.717) is 25.2 Å². The van der Waals surface area contributed by atoms with Crippen LogP contribution in [0, 0.1) is 11.2 Å². The molecule has 6 heteroatoms. The zero-order valence-electron chi connectivity index (χ0n) is 17.2. The first-order valence-corrected chi connectivity index (χ1v) is 9.92. The summed E-state index contributed by atoms with van der Waals surface area (Å²) in [6.07, 6.45) is 0.559. The summed E-state index contributed by atoms with van der Waals surface area (Å²) >= 11 is 0. The molecule has 1 saturated heterocycles. The van der Waals surface area contributed by atoms with Crippen LogP contribution in [0.2, 0.25) is 0 Å². The topological polar surface area (TPSA) is 52.7 Å². The van der Waals surface area contributed by atoms with E-state index in [0.717, 1.165) is 18.8 Å². The molecular formula is C23H28FN3O2. The van der Waals surface area contributed by atoms with Gasteiger partial charge in [0.05, 0.1) is 5.56 Å². The molecule has 29 heavy (non-hydrogen) atoms. The van der Waals surface area contributed by atoms with E-state index in [1.165, 1.54) is 12.1 Å². The summed E-state index contributed by atoms with van der Waals surface area (Å²) < 4.78 is 13.7. The predicted molar refractivity (Wildman–Crippen MR) is 114 cm³/mol. The number of hydrogen-bond acceptors (Lipinski definition) is 3. The lowest BCUT2D eigenvalue weighted by Gasteiger charge is -2.37. The number of amides is 2. The number of rotatable bonds is 4. The molecule has 0 unspecified atom stereocenters. The highest BCUT2D eigenvalue weighted by atomic mass is 19.1. The molecule has 2 aromatic rings. The van der Waals surface area contributed by atoms with Crippen molar-refractivity contribution in [3.63, 3.8) is 0 Å². The minimum Gasteiger partial charge on any atom is -0.368 e. The number of nitrogens with one attached hydrogen (secondary N) is 1. The number of benzene rings is 2. The fourth-order valence-electron chi connectivity index (χ4n) is 3.38. The summed E-state index contributed by atoms with van der Waals surface area (Å²) in [6, 6.07) is 13.4. The van der Waals surface area contributed by atoms with Gasteiger partial charge in [-0.05, 0) is 41.8 Å². The molecule has 1 heterocycles. The molecule has 0 saturated carbocycles. The maximum absolute atomic E-state index is 13.7. The second-order valence-corrected chi connectivity index (χ2v) is 8.59. The standard InChI is InChI=1S/C23H28FN3O2/c1-23(2,3)16-21(28)27-14-12-26(13-15-27)18-10-8-17(9-11-18)25-22(29)19-6-4-5-7-20(19)24/h4-11H,12-16H2,1-3H3,(H,25,29). The molecule has 3 rings (SSSR count). The number of piperazine rings is 1. The molecule has 1 aliphatic rings. The highest BCUT2D eigenvalue weighted by Gasteiger charge is 2.25. The number of halogens is 1. The van der Waals surface area contributed by atoms with Crippen molar-refractivity contribution < 1.29 is 14.0 Å². The molecule has 0 aromatic heterocycles. The normalized spacial score (nSPS) is 14.6. The summed E-state index contributed by atoms with van der Waals surface area (Å²) in [5, 5.41) is 2.72. The van der Waals surface area contributed by atoms with Gasteiger partial charge in [-0.3, -0.25) is 9.59 Å². The molecule has 154 valence electrons. The number of hydrogen-bond donors (Lipinski definition) is 1. The van der Waals surface area contributed by atoms with Crippen LogP contribution in [-0.2, 0) is 4.79 Å². The van der Waals surface area contributed by atoms with Crippen LogP contribution < -0.4 is 10.2 Å². The lowest BCUT2D eigenvalue weighted by Crippen LogP contribution is -2.49. The zero-order valence-corrected chi connectivity index (χ0v) is 17.2. The largest absolute Gasteiger partial charge is 0.368 e. The van der Waals surface area contributed by atoms with Crippen molar-refractivity contribution in [2.45, 2.75) is 27.2 Å². The third kappa shape index (κ3) is 5.56. The second-order valence-electron chi connectivity index (χ2n) is 8.59. The van der Waals surface area contributed by atoms with Crippen LogP contribution in [-0.4, -0.2) is 42.9 Å². The summed E-state index contributed by atoms with van der Waals surface area (Å²) in [6.45, 7) is 9.20. The molecule has 0 aliphatic carbocycles. The minimum absolute atomic E-state index is 0.00283. The molecule has 5 nitrogen and oxygen atoms in total. The Morgan fingerprint density at radius 1 is 0.966 bits per heavy atom. The molecule has 1 N–H and O–H groups in total. The molecular weight excluding hydrogens is 369 g/mol. The molecule has 1 aliphatic heterocycles. The van der Waals surface area contributed by atoms with Crippen LogP contribution >= 0.6 is 0 Å². The number of nitrogens with zero attached hydrogens (tertiary/aromatic N) is 2. The van der Waals surface area contributed by atoms with Crippen molar-refractivity contribution in [1.82, 2.24) is 4.90 Å². The van der Waals surface area contributed by atoms with E-state index in [9.17, 15) is 14.0 Å². The number of carbonyl (C=O) groups is 2. The SMILES string of the molecule is CC(C)(C)CC(=O)N1CCN(c2ccc(NC(=O)c3ccccc3F)cc2)CC1. The van der Waals surface area contributed by atoms with Crippen molar-refractivity contribution in [2.75, 3.05) is 36.4 Å². The number of anilines is 2. The Bertz CT molecular complexity index is 866. The van der Waals surface area contributed by atoms with Crippen LogP contribution in [0.4, 0.5) is 15.8 Å². The van der Waals surface area contributed by atoms with E-state index in [-0.39, 0.29) is 16.9 Å². The van der Waals surface area contributed by atoms with E-state index < -0.39 is 11.7 Å². The summed E-state index contributed by atoms with van der Waals surface area (Å²) in [7, 11) is 0. The Balaban J connectivity index is 1.55. The monoisotopic (exact) mass is 397 g/mol. The molecule has 1 fully saturated rings. The third-order valence-electron chi connectivity index (χ3n) is 4.92. The Morgan fingerprint density at radius 3 is 2.17 bits per heavy atom. The van der Waals surface area contributed by atoms with E-state index in [1.807, 2.05) is 29.2 Å². The highest BCUT2D eigenvalue weighted by Crippen LogP contribution is 2.23. The van der Waals surface area contributed by atoms with E-state index in [4.69, 9.17) is 0 Å². The van der Waals surface area contributed by atoms with Gasteiger partial charge < -0.3 is 15.1 Å². The highest BCUT2D eigenvalue weighted by molar-refractivity contribution is 6.04. The van der Waals surface area contributed by atoms with Gasteiger partial charge in [0.25, 0.3) is 5.91 Å². The van der Waals surface area contributed by atoms with Gasteiger partial charge >= 0.3 is 0 Å². The smallest absolute Gasteiger partial charge is 0.258 e. The summed E-state index contributed by atoms with van der Waals surface area (Å²) in [5.41, 5.74) is 1.67. The van der Waals surface area contributed by atoms with E-state index >= 15 is 0 Å². The Kier molecular flexibility index (Phi) is 6.20. The third-order valence-corrected chi connectivity index (χ3v) is 4.92.